The minimum Gasteiger partial charge on any atom is -0.756 e. The molecule has 10 heteroatoms. The van der Waals surface area contributed by atoms with Crippen molar-refractivity contribution in [1.29, 1.82) is 0 Å². The van der Waals surface area contributed by atoms with Crippen LogP contribution in [0.25, 0.3) is 0 Å². The van der Waals surface area contributed by atoms with E-state index in [0.29, 0.717) is 23.9 Å². The SMILES string of the molecule is CC/C=C\C/C=C\C/C=C\C/C=C\C/C=C\C/C=C\CCC(=O)NC(COP(=O)([O-])OCC[N+](C)(C)C)C(/C=C\CCCCCCCCCCC)OC(=O)CCCCCCCCC/C=C/C=C/C=C/CC. The number of phosphoric acid groups is 1. The normalized spacial score (nSPS) is 14.7. The Morgan fingerprint density at radius 2 is 0.986 bits per heavy atom. The van der Waals surface area contributed by atoms with Gasteiger partial charge in [0.2, 0.25) is 5.91 Å². The molecular weight excluding hydrogens is 904 g/mol. The summed E-state index contributed by atoms with van der Waals surface area (Å²) in [5.74, 6) is -0.665. The lowest BCUT2D eigenvalue weighted by Gasteiger charge is -2.30. The Morgan fingerprint density at radius 1 is 0.521 bits per heavy atom. The molecule has 3 unspecified atom stereocenters. The van der Waals surface area contributed by atoms with Gasteiger partial charge in [-0.3, -0.25) is 14.2 Å². The minimum atomic E-state index is -4.72. The first-order valence-corrected chi connectivity index (χ1v) is 29.3. The van der Waals surface area contributed by atoms with E-state index in [0.717, 1.165) is 89.9 Å². The van der Waals surface area contributed by atoms with E-state index in [4.69, 9.17) is 13.8 Å². The van der Waals surface area contributed by atoms with Gasteiger partial charge >= 0.3 is 5.97 Å². The van der Waals surface area contributed by atoms with Gasteiger partial charge in [-0.2, -0.15) is 0 Å². The lowest BCUT2D eigenvalue weighted by molar-refractivity contribution is -0.870. The van der Waals surface area contributed by atoms with Crippen LogP contribution in [0.2, 0.25) is 0 Å². The van der Waals surface area contributed by atoms with Gasteiger partial charge < -0.3 is 28.5 Å². The van der Waals surface area contributed by atoms with E-state index in [-0.39, 0.29) is 31.3 Å². The number of esters is 1. The molecule has 0 radical (unpaired) electrons. The molecule has 9 nitrogen and oxygen atoms in total. The number of likely N-dealkylation sites (N-methyl/N-ethyl adjacent to an activating group) is 1. The average molecular weight is 1010 g/mol. The van der Waals surface area contributed by atoms with Crippen molar-refractivity contribution >= 4 is 19.7 Å². The highest BCUT2D eigenvalue weighted by Crippen LogP contribution is 2.38. The van der Waals surface area contributed by atoms with E-state index in [1.807, 2.05) is 39.4 Å². The van der Waals surface area contributed by atoms with Gasteiger partial charge in [0.25, 0.3) is 7.82 Å². The molecule has 1 N–H and O–H groups in total. The number of ether oxygens (including phenoxy) is 1. The molecule has 0 heterocycles. The highest BCUT2D eigenvalue weighted by molar-refractivity contribution is 7.45. The Kier molecular flexibility index (Phi) is 47.4. The van der Waals surface area contributed by atoms with E-state index in [1.54, 1.807) is 6.08 Å². The number of unbranched alkanes of at least 4 members (excludes halogenated alkanes) is 16. The molecule has 0 aliphatic carbocycles. The van der Waals surface area contributed by atoms with Crippen LogP contribution in [0.3, 0.4) is 0 Å². The number of hydrogen-bond donors (Lipinski definition) is 1. The summed E-state index contributed by atoms with van der Waals surface area (Å²) < 4.78 is 30.1. The zero-order valence-electron chi connectivity index (χ0n) is 45.9. The minimum absolute atomic E-state index is 0.0447. The molecule has 0 saturated heterocycles. The summed E-state index contributed by atoms with van der Waals surface area (Å²) in [6.07, 6.45) is 69.0. The number of carbonyl (C=O) groups is 2. The molecule has 404 valence electrons. The van der Waals surface area contributed by atoms with Gasteiger partial charge in [-0.05, 0) is 89.5 Å². The maximum Gasteiger partial charge on any atom is 0.306 e. The number of nitrogens with one attached hydrogen (secondary N) is 1. The Balaban J connectivity index is 5.48. The number of quaternary nitrogens is 1. The highest BCUT2D eigenvalue weighted by atomic mass is 31.2. The van der Waals surface area contributed by atoms with Gasteiger partial charge in [0.05, 0.1) is 33.8 Å². The lowest BCUT2D eigenvalue weighted by atomic mass is 10.1. The standard InChI is InChI=1S/C61H103N2O7P/c1-7-10-13-16-19-22-25-27-29-30-31-32-34-35-38-41-44-47-50-53-60(64)62-58(57-69-71(66,67)68-56-55-63(4,5)6)59(52-49-46-43-40-37-24-21-18-15-12-9-3)70-61(65)54-51-48-45-42-39-36-33-28-26-23-20-17-14-11-8-2/h10-11,13-14,17,19-20,22-23,26-27,29,31-32,35,38,44,47,49,52,58-59H,7-9,12,15-16,18,21,24-25,28,30,33-34,36-37,39-43,45-46,48,50-51,53-57H2,1-6H3,(H-,62,64,66,67)/b13-10-,14-11+,20-17+,22-19-,26-23+,29-27-,32-31-,38-35-,47-44-,52-49-. The van der Waals surface area contributed by atoms with Crippen molar-refractivity contribution in [3.05, 3.63) is 122 Å². The second kappa shape index (κ2) is 50.0. The molecule has 0 aromatic carbocycles. The third-order valence-corrected chi connectivity index (χ3v) is 12.4. The molecular formula is C61H103N2O7P. The van der Waals surface area contributed by atoms with Crippen LogP contribution in [-0.2, 0) is 27.9 Å². The van der Waals surface area contributed by atoms with Gasteiger partial charge in [-0.25, -0.2) is 0 Å². The summed E-state index contributed by atoms with van der Waals surface area (Å²) in [4.78, 5) is 39.8. The van der Waals surface area contributed by atoms with Crippen molar-refractivity contribution in [3.8, 4) is 0 Å². The van der Waals surface area contributed by atoms with Gasteiger partial charge in [-0.1, -0.05) is 220 Å². The zero-order valence-corrected chi connectivity index (χ0v) is 46.8. The summed E-state index contributed by atoms with van der Waals surface area (Å²) in [6.45, 7) is 6.49. The number of carbonyl (C=O) groups excluding carboxylic acids is 2. The van der Waals surface area contributed by atoms with E-state index < -0.39 is 26.6 Å². The van der Waals surface area contributed by atoms with Crippen molar-refractivity contribution in [1.82, 2.24) is 5.32 Å². The monoisotopic (exact) mass is 1010 g/mol. The van der Waals surface area contributed by atoms with Crippen LogP contribution in [0.1, 0.15) is 201 Å². The van der Waals surface area contributed by atoms with Crippen LogP contribution in [0, 0.1) is 0 Å². The van der Waals surface area contributed by atoms with Crippen LogP contribution < -0.4 is 10.2 Å². The second-order valence-corrected chi connectivity index (χ2v) is 20.8. The maximum absolute atomic E-state index is 13.4. The molecule has 0 aromatic rings. The number of amides is 1. The fourth-order valence-electron chi connectivity index (χ4n) is 7.19. The Bertz CT molecular complexity index is 1630. The van der Waals surface area contributed by atoms with Crippen molar-refractivity contribution in [3.63, 3.8) is 0 Å². The quantitative estimate of drug-likeness (QED) is 0.0161. The van der Waals surface area contributed by atoms with Crippen LogP contribution >= 0.6 is 7.82 Å². The van der Waals surface area contributed by atoms with E-state index in [9.17, 15) is 19.0 Å². The first-order valence-electron chi connectivity index (χ1n) is 27.9. The van der Waals surface area contributed by atoms with Crippen molar-refractivity contribution in [2.45, 2.75) is 213 Å². The maximum atomic E-state index is 13.4. The molecule has 0 saturated carbocycles. The molecule has 0 rings (SSSR count). The topological polar surface area (TPSA) is 114 Å². The molecule has 0 fully saturated rings. The predicted molar refractivity (Wildman–Crippen MR) is 302 cm³/mol. The summed E-state index contributed by atoms with van der Waals surface area (Å²) in [5.41, 5.74) is 0. The molecule has 71 heavy (non-hydrogen) atoms. The zero-order chi connectivity index (χ0) is 52.2. The van der Waals surface area contributed by atoms with Gasteiger partial charge in [-0.15, -0.1) is 0 Å². The number of rotatable bonds is 48. The van der Waals surface area contributed by atoms with Crippen LogP contribution in [-0.4, -0.2) is 69.4 Å². The second-order valence-electron chi connectivity index (χ2n) is 19.4. The van der Waals surface area contributed by atoms with Crippen LogP contribution in [0.4, 0.5) is 0 Å². The van der Waals surface area contributed by atoms with Crippen molar-refractivity contribution in [2.75, 3.05) is 40.9 Å². The number of hydrogen-bond acceptors (Lipinski definition) is 7. The Hall–Kier alpha value is -3.59. The molecule has 0 bridgehead atoms. The lowest BCUT2D eigenvalue weighted by Crippen LogP contribution is -2.47. The first-order chi connectivity index (χ1) is 34.4. The Morgan fingerprint density at radius 3 is 1.51 bits per heavy atom. The van der Waals surface area contributed by atoms with Gasteiger partial charge in [0, 0.05) is 12.8 Å². The largest absolute Gasteiger partial charge is 0.756 e. The third kappa shape index (κ3) is 51.1. The first kappa shape index (κ1) is 67.4. The van der Waals surface area contributed by atoms with Crippen molar-refractivity contribution in [2.24, 2.45) is 0 Å². The smallest absolute Gasteiger partial charge is 0.306 e. The van der Waals surface area contributed by atoms with E-state index in [1.165, 1.54) is 64.2 Å². The molecule has 0 aliphatic heterocycles. The summed E-state index contributed by atoms with van der Waals surface area (Å²) in [6, 6.07) is -0.941. The fraction of sp³-hybridized carbons (Fsp3) is 0.639. The van der Waals surface area contributed by atoms with Crippen molar-refractivity contribution < 1.29 is 37.3 Å². The summed E-state index contributed by atoms with van der Waals surface area (Å²) >= 11 is 0. The molecule has 0 aromatic heterocycles. The van der Waals surface area contributed by atoms with Crippen LogP contribution in [0.5, 0.6) is 0 Å². The van der Waals surface area contributed by atoms with E-state index >= 15 is 0 Å². The molecule has 0 spiro atoms. The molecule has 3 atom stereocenters. The van der Waals surface area contributed by atoms with Gasteiger partial charge in [0.1, 0.15) is 19.3 Å². The van der Waals surface area contributed by atoms with E-state index in [2.05, 4.69) is 123 Å². The highest BCUT2D eigenvalue weighted by Gasteiger charge is 2.27. The average Bonchev–Trinajstić information content (AvgIpc) is 3.33. The summed E-state index contributed by atoms with van der Waals surface area (Å²) in [7, 11) is 1.11. The Labute approximate surface area is 435 Å². The molecule has 1 amide bonds. The summed E-state index contributed by atoms with van der Waals surface area (Å²) in [5, 5.41) is 2.96. The van der Waals surface area contributed by atoms with Gasteiger partial charge in [0.15, 0.2) is 0 Å². The third-order valence-electron chi connectivity index (χ3n) is 11.5. The number of allylic oxidation sites excluding steroid dienone is 19. The van der Waals surface area contributed by atoms with Crippen LogP contribution in [0.15, 0.2) is 122 Å². The predicted octanol–water partition coefficient (Wildman–Crippen LogP) is 16.1. The molecule has 0 aliphatic rings. The number of nitrogens with zero attached hydrogens (tertiary/aromatic N) is 1. The fourth-order valence-corrected chi connectivity index (χ4v) is 7.91. The number of phosphoric ester groups is 1.